The molecule has 2 heterocycles. The molecule has 1 aromatic rings. The van der Waals surface area contributed by atoms with E-state index < -0.39 is 0 Å². The Hall–Kier alpha value is -1.14. The molecule has 132 valence electrons. The number of carbonyl (C=O) groups excluding carboxylic acids is 1. The van der Waals surface area contributed by atoms with Gasteiger partial charge in [-0.25, -0.2) is 9.78 Å². The molecule has 2 atom stereocenters. The SMILES string of the molecule is O=C(N[C@H](c1nccs1)C1CC1)N(C[C@H]1CCCO1)C1CCCC1. The summed E-state index contributed by atoms with van der Waals surface area (Å²) in [4.78, 5) is 19.6. The smallest absolute Gasteiger partial charge is 0.318 e. The van der Waals surface area contributed by atoms with Gasteiger partial charge < -0.3 is 15.0 Å². The average Bonchev–Trinajstić information content (AvgIpc) is 3.08. The molecular weight excluding hydrogens is 322 g/mol. The van der Waals surface area contributed by atoms with Crippen molar-refractivity contribution in [2.24, 2.45) is 5.92 Å². The summed E-state index contributed by atoms with van der Waals surface area (Å²) in [6.45, 7) is 1.58. The van der Waals surface area contributed by atoms with Gasteiger partial charge in [-0.1, -0.05) is 12.8 Å². The molecule has 4 rings (SSSR count). The third-order valence-electron chi connectivity index (χ3n) is 5.54. The van der Waals surface area contributed by atoms with Crippen LogP contribution >= 0.6 is 11.3 Å². The van der Waals surface area contributed by atoms with Crippen molar-refractivity contribution >= 4 is 17.4 Å². The fourth-order valence-corrected chi connectivity index (χ4v) is 4.82. The largest absolute Gasteiger partial charge is 0.376 e. The van der Waals surface area contributed by atoms with Crippen molar-refractivity contribution in [1.29, 1.82) is 0 Å². The van der Waals surface area contributed by atoms with Gasteiger partial charge in [-0.2, -0.15) is 0 Å². The summed E-state index contributed by atoms with van der Waals surface area (Å²) in [6.07, 6.45) is 11.4. The summed E-state index contributed by atoms with van der Waals surface area (Å²) in [5.41, 5.74) is 0. The van der Waals surface area contributed by atoms with Crippen molar-refractivity contribution in [3.8, 4) is 0 Å². The Bertz CT molecular complexity index is 534. The van der Waals surface area contributed by atoms with E-state index in [4.69, 9.17) is 4.74 Å². The molecule has 0 unspecified atom stereocenters. The van der Waals surface area contributed by atoms with Gasteiger partial charge in [-0.15, -0.1) is 11.3 Å². The molecule has 0 radical (unpaired) electrons. The fourth-order valence-electron chi connectivity index (χ4n) is 4.04. The van der Waals surface area contributed by atoms with E-state index in [0.29, 0.717) is 12.0 Å². The lowest BCUT2D eigenvalue weighted by atomic mass is 10.1. The third-order valence-corrected chi connectivity index (χ3v) is 6.40. The highest BCUT2D eigenvalue weighted by Crippen LogP contribution is 2.41. The maximum absolute atomic E-state index is 13.1. The molecule has 24 heavy (non-hydrogen) atoms. The van der Waals surface area contributed by atoms with Gasteiger partial charge in [0.05, 0.1) is 12.1 Å². The molecule has 6 heteroatoms. The van der Waals surface area contributed by atoms with Crippen molar-refractivity contribution in [2.75, 3.05) is 13.2 Å². The number of rotatable bonds is 6. The Kier molecular flexibility index (Phi) is 5.03. The zero-order valence-electron chi connectivity index (χ0n) is 14.2. The van der Waals surface area contributed by atoms with Crippen LogP contribution in [0.15, 0.2) is 11.6 Å². The van der Waals surface area contributed by atoms with Gasteiger partial charge in [0.15, 0.2) is 0 Å². The van der Waals surface area contributed by atoms with E-state index in [0.717, 1.165) is 43.8 Å². The molecule has 5 nitrogen and oxygen atoms in total. The number of ether oxygens (including phenoxy) is 1. The highest BCUT2D eigenvalue weighted by atomic mass is 32.1. The minimum Gasteiger partial charge on any atom is -0.376 e. The van der Waals surface area contributed by atoms with Crippen LogP contribution in [0.5, 0.6) is 0 Å². The van der Waals surface area contributed by atoms with Crippen molar-refractivity contribution in [2.45, 2.75) is 69.6 Å². The van der Waals surface area contributed by atoms with Crippen LogP contribution in [-0.4, -0.2) is 41.2 Å². The first-order chi connectivity index (χ1) is 11.8. The van der Waals surface area contributed by atoms with E-state index in [-0.39, 0.29) is 18.2 Å². The van der Waals surface area contributed by atoms with Crippen LogP contribution in [0.1, 0.15) is 62.4 Å². The molecule has 0 spiro atoms. The van der Waals surface area contributed by atoms with Gasteiger partial charge in [-0.05, 0) is 44.4 Å². The summed E-state index contributed by atoms with van der Waals surface area (Å²) in [6, 6.07) is 0.556. The number of carbonyl (C=O) groups is 1. The Morgan fingerprint density at radius 2 is 2.12 bits per heavy atom. The van der Waals surface area contributed by atoms with Crippen LogP contribution < -0.4 is 5.32 Å². The Labute approximate surface area is 147 Å². The lowest BCUT2D eigenvalue weighted by Gasteiger charge is -2.32. The Morgan fingerprint density at radius 3 is 2.75 bits per heavy atom. The molecule has 1 saturated heterocycles. The van der Waals surface area contributed by atoms with Gasteiger partial charge in [0.25, 0.3) is 0 Å². The van der Waals surface area contributed by atoms with Crippen LogP contribution in [0.4, 0.5) is 4.79 Å². The average molecular weight is 350 g/mol. The number of thiazole rings is 1. The lowest BCUT2D eigenvalue weighted by Crippen LogP contribution is -2.49. The number of hydrogen-bond donors (Lipinski definition) is 1. The maximum Gasteiger partial charge on any atom is 0.318 e. The summed E-state index contributed by atoms with van der Waals surface area (Å²) in [5.74, 6) is 0.563. The summed E-state index contributed by atoms with van der Waals surface area (Å²) >= 11 is 1.65. The van der Waals surface area contributed by atoms with E-state index in [9.17, 15) is 4.79 Å². The van der Waals surface area contributed by atoms with Crippen molar-refractivity contribution in [3.05, 3.63) is 16.6 Å². The van der Waals surface area contributed by atoms with Crippen molar-refractivity contribution in [1.82, 2.24) is 15.2 Å². The predicted octanol–water partition coefficient (Wildman–Crippen LogP) is 3.73. The first-order valence-corrected chi connectivity index (χ1v) is 10.3. The van der Waals surface area contributed by atoms with E-state index in [1.54, 1.807) is 11.3 Å². The molecule has 1 aromatic heterocycles. The summed E-state index contributed by atoms with van der Waals surface area (Å²) in [5, 5.41) is 6.36. The minimum absolute atomic E-state index is 0.0875. The molecule has 2 saturated carbocycles. The predicted molar refractivity (Wildman–Crippen MR) is 94.0 cm³/mol. The molecule has 3 aliphatic rings. The first-order valence-electron chi connectivity index (χ1n) is 9.39. The molecule has 0 aromatic carbocycles. The van der Waals surface area contributed by atoms with Crippen LogP contribution in [0.2, 0.25) is 0 Å². The van der Waals surface area contributed by atoms with Gasteiger partial charge in [-0.3, -0.25) is 0 Å². The van der Waals surface area contributed by atoms with E-state index >= 15 is 0 Å². The number of urea groups is 1. The molecular formula is C18H27N3O2S. The van der Waals surface area contributed by atoms with Gasteiger partial charge in [0, 0.05) is 30.8 Å². The standard InChI is InChI=1S/C18H27N3O2S/c22-18(20-16(13-7-8-13)17-19-9-11-24-17)21(14-4-1-2-5-14)12-15-6-3-10-23-15/h9,11,13-16H,1-8,10,12H2,(H,20,22)/t15-,16+/m1/s1. The molecule has 0 bridgehead atoms. The topological polar surface area (TPSA) is 54.5 Å². The van der Waals surface area contributed by atoms with Crippen molar-refractivity contribution in [3.63, 3.8) is 0 Å². The second kappa shape index (κ2) is 7.40. The highest BCUT2D eigenvalue weighted by molar-refractivity contribution is 7.09. The summed E-state index contributed by atoms with van der Waals surface area (Å²) in [7, 11) is 0. The number of nitrogens with one attached hydrogen (secondary N) is 1. The maximum atomic E-state index is 13.1. The number of amides is 2. The van der Waals surface area contributed by atoms with E-state index in [1.807, 2.05) is 11.6 Å². The lowest BCUT2D eigenvalue weighted by molar-refractivity contribution is 0.0690. The molecule has 3 fully saturated rings. The second-order valence-electron chi connectivity index (χ2n) is 7.36. The van der Waals surface area contributed by atoms with E-state index in [1.165, 1.54) is 25.7 Å². The van der Waals surface area contributed by atoms with Crippen LogP contribution in [0.3, 0.4) is 0 Å². The third kappa shape index (κ3) is 3.75. The fraction of sp³-hybridized carbons (Fsp3) is 0.778. The van der Waals surface area contributed by atoms with E-state index in [2.05, 4.69) is 15.2 Å². The summed E-state index contributed by atoms with van der Waals surface area (Å²) < 4.78 is 5.80. The van der Waals surface area contributed by atoms with Crippen LogP contribution in [-0.2, 0) is 4.74 Å². The van der Waals surface area contributed by atoms with Crippen LogP contribution in [0, 0.1) is 5.92 Å². The monoisotopic (exact) mass is 349 g/mol. The zero-order chi connectivity index (χ0) is 16.4. The first kappa shape index (κ1) is 16.3. The van der Waals surface area contributed by atoms with Gasteiger partial charge in [0.1, 0.15) is 5.01 Å². The zero-order valence-corrected chi connectivity index (χ0v) is 15.0. The second-order valence-corrected chi connectivity index (χ2v) is 8.29. The molecule has 1 aliphatic heterocycles. The van der Waals surface area contributed by atoms with Gasteiger partial charge in [0.2, 0.25) is 0 Å². The number of aromatic nitrogens is 1. The molecule has 2 aliphatic carbocycles. The normalized spacial score (nSPS) is 25.8. The Morgan fingerprint density at radius 1 is 1.29 bits per heavy atom. The van der Waals surface area contributed by atoms with Gasteiger partial charge >= 0.3 is 6.03 Å². The number of nitrogens with zero attached hydrogens (tertiary/aromatic N) is 2. The molecule has 2 amide bonds. The molecule has 1 N–H and O–H groups in total. The Balaban J connectivity index is 1.45. The quantitative estimate of drug-likeness (QED) is 0.851. The van der Waals surface area contributed by atoms with Crippen LogP contribution in [0.25, 0.3) is 0 Å². The number of hydrogen-bond acceptors (Lipinski definition) is 4. The van der Waals surface area contributed by atoms with Crippen molar-refractivity contribution < 1.29 is 9.53 Å². The minimum atomic E-state index is 0.0875. The highest BCUT2D eigenvalue weighted by Gasteiger charge is 2.37.